The van der Waals surface area contributed by atoms with Crippen molar-refractivity contribution in [3.05, 3.63) is 52.7 Å². The van der Waals surface area contributed by atoms with Crippen LogP contribution in [0.1, 0.15) is 0 Å². The summed E-state index contributed by atoms with van der Waals surface area (Å²) in [6, 6.07) is 7.55. The molecule has 0 fully saturated rings. The summed E-state index contributed by atoms with van der Waals surface area (Å²) in [5.74, 6) is -0.343. The van der Waals surface area contributed by atoms with Crippen molar-refractivity contribution in [1.29, 1.82) is 0 Å². The zero-order chi connectivity index (χ0) is 17.7. The molecule has 126 valence electrons. The van der Waals surface area contributed by atoms with Gasteiger partial charge in [-0.05, 0) is 24.3 Å². The number of azo groups is 1. The van der Waals surface area contributed by atoms with E-state index in [-0.39, 0.29) is 11.5 Å². The first-order chi connectivity index (χ1) is 11.3. The summed E-state index contributed by atoms with van der Waals surface area (Å²) in [5, 5.41) is 18.0. The molecule has 24 heavy (non-hydrogen) atoms. The van der Waals surface area contributed by atoms with Crippen LogP contribution in [0.3, 0.4) is 0 Å². The molecule has 0 saturated carbocycles. The number of non-ortho nitro benzene ring substituents is 1. The summed E-state index contributed by atoms with van der Waals surface area (Å²) >= 11 is 4.66. The molecule has 1 atom stereocenters. The Balaban J connectivity index is 2.04. The molecule has 2 rings (SSSR count). The Kier molecular flexibility index (Phi) is 5.29. The number of nitro benzene ring substituents is 1. The number of benzene rings is 1. The highest BCUT2D eigenvalue weighted by Gasteiger charge is 2.42. The van der Waals surface area contributed by atoms with Crippen LogP contribution in [-0.4, -0.2) is 21.6 Å². The standard InChI is InChI=1S/C13H8ClF3N4O3/c14-12(15)13(16,17)24-10-5-6-11(18-7-10)20-19-8-1-3-9(4-2-8)21(22)23/h1-7,12H. The van der Waals surface area contributed by atoms with E-state index in [1.165, 1.54) is 30.3 Å². The molecular weight excluding hydrogens is 353 g/mol. The zero-order valence-corrected chi connectivity index (χ0v) is 12.4. The molecular formula is C13H8ClF3N4O3. The van der Waals surface area contributed by atoms with Crippen molar-refractivity contribution in [2.45, 2.75) is 11.7 Å². The number of hydrogen-bond acceptors (Lipinski definition) is 6. The summed E-state index contributed by atoms with van der Waals surface area (Å²) in [5.41, 5.74) is -2.77. The van der Waals surface area contributed by atoms with Crippen molar-refractivity contribution >= 4 is 28.8 Å². The van der Waals surface area contributed by atoms with Crippen LogP contribution in [0.15, 0.2) is 52.8 Å². The lowest BCUT2D eigenvalue weighted by molar-refractivity contribution is -0.384. The Morgan fingerprint density at radius 1 is 1.21 bits per heavy atom. The van der Waals surface area contributed by atoms with Gasteiger partial charge < -0.3 is 4.74 Å². The summed E-state index contributed by atoms with van der Waals surface area (Å²) in [7, 11) is 0. The van der Waals surface area contributed by atoms with Gasteiger partial charge in [-0.1, -0.05) is 11.6 Å². The molecule has 0 N–H and O–H groups in total. The molecule has 1 aromatic carbocycles. The molecule has 0 aliphatic heterocycles. The number of ether oxygens (including phenoxy) is 1. The molecule has 2 aromatic rings. The molecule has 1 unspecified atom stereocenters. The first-order valence-corrected chi connectivity index (χ1v) is 6.69. The topological polar surface area (TPSA) is 90.0 Å². The van der Waals surface area contributed by atoms with Gasteiger partial charge in [-0.15, -0.1) is 10.2 Å². The zero-order valence-electron chi connectivity index (χ0n) is 11.6. The van der Waals surface area contributed by atoms with Gasteiger partial charge in [0.2, 0.25) is 0 Å². The minimum absolute atomic E-state index is 0.0618. The quantitative estimate of drug-likeness (QED) is 0.317. The molecule has 11 heteroatoms. The second-order valence-electron chi connectivity index (χ2n) is 4.29. The molecule has 0 aliphatic carbocycles. The van der Waals surface area contributed by atoms with Crippen LogP contribution >= 0.6 is 11.6 Å². The van der Waals surface area contributed by atoms with Gasteiger partial charge in [0.05, 0.1) is 16.8 Å². The van der Waals surface area contributed by atoms with Crippen LogP contribution in [0.4, 0.5) is 30.4 Å². The van der Waals surface area contributed by atoms with Crippen molar-refractivity contribution in [3.63, 3.8) is 0 Å². The van der Waals surface area contributed by atoms with E-state index in [1.54, 1.807) is 0 Å². The van der Waals surface area contributed by atoms with Crippen LogP contribution in [0.2, 0.25) is 0 Å². The van der Waals surface area contributed by atoms with Crippen LogP contribution in [0.5, 0.6) is 5.75 Å². The largest absolute Gasteiger partial charge is 0.444 e. The molecule has 0 aliphatic rings. The Labute approximate surface area is 137 Å². The van der Waals surface area contributed by atoms with E-state index in [1.807, 2.05) is 0 Å². The first-order valence-electron chi connectivity index (χ1n) is 6.25. The number of hydrogen-bond donors (Lipinski definition) is 0. The number of pyridine rings is 1. The normalized spacial score (nSPS) is 13.0. The lowest BCUT2D eigenvalue weighted by Crippen LogP contribution is -2.32. The van der Waals surface area contributed by atoms with Gasteiger partial charge in [0, 0.05) is 12.1 Å². The molecule has 0 saturated heterocycles. The van der Waals surface area contributed by atoms with Gasteiger partial charge in [-0.2, -0.15) is 8.78 Å². The number of alkyl halides is 4. The second kappa shape index (κ2) is 7.21. The average Bonchev–Trinajstić information content (AvgIpc) is 2.54. The van der Waals surface area contributed by atoms with Gasteiger partial charge >= 0.3 is 6.11 Å². The second-order valence-corrected chi connectivity index (χ2v) is 4.67. The average molecular weight is 361 g/mol. The van der Waals surface area contributed by atoms with Gasteiger partial charge in [-0.25, -0.2) is 9.37 Å². The third-order valence-electron chi connectivity index (χ3n) is 2.56. The fourth-order valence-electron chi connectivity index (χ4n) is 1.44. The fraction of sp³-hybridized carbons (Fsp3) is 0.154. The predicted octanol–water partition coefficient (Wildman–Crippen LogP) is 4.91. The number of rotatable bonds is 6. The lowest BCUT2D eigenvalue weighted by Gasteiger charge is -2.17. The van der Waals surface area contributed by atoms with E-state index >= 15 is 0 Å². The highest BCUT2D eigenvalue weighted by atomic mass is 35.5. The molecule has 7 nitrogen and oxygen atoms in total. The Morgan fingerprint density at radius 2 is 1.88 bits per heavy atom. The van der Waals surface area contributed by atoms with Crippen LogP contribution < -0.4 is 4.74 Å². The molecule has 1 heterocycles. The molecule has 0 spiro atoms. The minimum Gasteiger partial charge on any atom is -0.428 e. The SMILES string of the molecule is O=[N+]([O-])c1ccc(N=Nc2ccc(OC(F)(F)C(F)Cl)cn2)cc1. The third kappa shape index (κ3) is 4.62. The molecule has 1 aromatic heterocycles. The molecule has 0 amide bonds. The van der Waals surface area contributed by atoms with E-state index in [9.17, 15) is 23.3 Å². The van der Waals surface area contributed by atoms with Gasteiger partial charge in [0.25, 0.3) is 11.3 Å². The summed E-state index contributed by atoms with van der Waals surface area (Å²) in [4.78, 5) is 13.6. The van der Waals surface area contributed by atoms with E-state index < -0.39 is 22.4 Å². The van der Waals surface area contributed by atoms with E-state index in [4.69, 9.17) is 0 Å². The highest BCUT2D eigenvalue weighted by Crippen LogP contribution is 2.29. The smallest absolute Gasteiger partial charge is 0.428 e. The molecule has 0 bridgehead atoms. The van der Waals surface area contributed by atoms with Gasteiger partial charge in [-0.3, -0.25) is 10.1 Å². The summed E-state index contributed by atoms with van der Waals surface area (Å²) in [6.45, 7) is 0. The van der Waals surface area contributed by atoms with E-state index in [0.29, 0.717) is 5.69 Å². The number of halogens is 4. The number of nitro groups is 1. The van der Waals surface area contributed by atoms with Crippen molar-refractivity contribution in [2.75, 3.05) is 0 Å². The number of aromatic nitrogens is 1. The van der Waals surface area contributed by atoms with Crippen molar-refractivity contribution in [3.8, 4) is 5.75 Å². The minimum atomic E-state index is -4.19. The monoisotopic (exact) mass is 360 g/mol. The number of nitrogens with zero attached hydrogens (tertiary/aromatic N) is 4. The third-order valence-corrected chi connectivity index (χ3v) is 2.81. The Bertz CT molecular complexity index is 739. The van der Waals surface area contributed by atoms with Crippen LogP contribution in [0.25, 0.3) is 0 Å². The van der Waals surface area contributed by atoms with Gasteiger partial charge in [0.1, 0.15) is 5.75 Å². The first kappa shape index (κ1) is 17.6. The van der Waals surface area contributed by atoms with E-state index in [2.05, 4.69) is 31.6 Å². The van der Waals surface area contributed by atoms with Crippen LogP contribution in [-0.2, 0) is 0 Å². The van der Waals surface area contributed by atoms with E-state index in [0.717, 1.165) is 12.3 Å². The summed E-state index contributed by atoms with van der Waals surface area (Å²) in [6.07, 6.45) is -3.29. The van der Waals surface area contributed by atoms with Crippen molar-refractivity contribution < 1.29 is 22.8 Å². The van der Waals surface area contributed by atoms with Crippen molar-refractivity contribution in [2.24, 2.45) is 10.2 Å². The van der Waals surface area contributed by atoms with Crippen LogP contribution in [0, 0.1) is 10.1 Å². The maximum atomic E-state index is 12.9. The maximum Gasteiger partial charge on any atom is 0.444 e. The Hall–Kier alpha value is -2.75. The maximum absolute atomic E-state index is 12.9. The Morgan fingerprint density at radius 3 is 2.38 bits per heavy atom. The molecule has 0 radical (unpaired) electrons. The van der Waals surface area contributed by atoms with Crippen molar-refractivity contribution in [1.82, 2.24) is 4.98 Å². The highest BCUT2D eigenvalue weighted by molar-refractivity contribution is 6.20. The fourth-order valence-corrected chi connectivity index (χ4v) is 1.49. The summed E-state index contributed by atoms with van der Waals surface area (Å²) < 4.78 is 42.4. The van der Waals surface area contributed by atoms with Gasteiger partial charge in [0.15, 0.2) is 5.82 Å². The predicted molar refractivity (Wildman–Crippen MR) is 77.8 cm³/mol. The lowest BCUT2D eigenvalue weighted by atomic mass is 10.3.